The zero-order valence-electron chi connectivity index (χ0n) is 11.4. The average Bonchev–Trinajstić information content (AvgIpc) is 2.41. The standard InChI is InChI=1S/C16H15F2NO/c1-11(20)14-9-13(17)7-8-16(14)19(2)10-12-5-3-4-6-15(12)18/h3-9H,10H2,1-2H3. The predicted molar refractivity (Wildman–Crippen MR) is 74.9 cm³/mol. The molecule has 0 amide bonds. The van der Waals surface area contributed by atoms with E-state index in [2.05, 4.69) is 0 Å². The van der Waals surface area contributed by atoms with E-state index >= 15 is 0 Å². The highest BCUT2D eigenvalue weighted by molar-refractivity contribution is 5.99. The van der Waals surface area contributed by atoms with Gasteiger partial charge in [0.15, 0.2) is 5.78 Å². The van der Waals surface area contributed by atoms with Gasteiger partial charge in [0.1, 0.15) is 11.6 Å². The van der Waals surface area contributed by atoms with Gasteiger partial charge in [-0.1, -0.05) is 18.2 Å². The fourth-order valence-corrected chi connectivity index (χ4v) is 2.09. The molecule has 104 valence electrons. The van der Waals surface area contributed by atoms with Gasteiger partial charge in [0.05, 0.1) is 0 Å². The summed E-state index contributed by atoms with van der Waals surface area (Å²) in [6, 6.07) is 10.5. The molecule has 20 heavy (non-hydrogen) atoms. The average molecular weight is 275 g/mol. The highest BCUT2D eigenvalue weighted by Gasteiger charge is 2.13. The third-order valence-electron chi connectivity index (χ3n) is 3.11. The number of Topliss-reactive ketones (excluding diaryl/α,β-unsaturated/α-hetero) is 1. The second-order valence-electron chi connectivity index (χ2n) is 4.67. The first-order valence-corrected chi connectivity index (χ1v) is 6.24. The number of carbonyl (C=O) groups excluding carboxylic acids is 1. The Bertz CT molecular complexity index is 640. The second kappa shape index (κ2) is 5.82. The Balaban J connectivity index is 2.32. The van der Waals surface area contributed by atoms with Gasteiger partial charge in [-0.05, 0) is 31.2 Å². The Hall–Kier alpha value is -2.23. The van der Waals surface area contributed by atoms with Crippen molar-refractivity contribution in [1.82, 2.24) is 0 Å². The van der Waals surface area contributed by atoms with E-state index in [0.717, 1.165) is 0 Å². The zero-order valence-corrected chi connectivity index (χ0v) is 11.4. The smallest absolute Gasteiger partial charge is 0.161 e. The fourth-order valence-electron chi connectivity index (χ4n) is 2.09. The molecule has 0 aliphatic rings. The molecule has 0 aromatic heterocycles. The van der Waals surface area contributed by atoms with E-state index in [0.29, 0.717) is 23.4 Å². The fraction of sp³-hybridized carbons (Fsp3) is 0.188. The SMILES string of the molecule is CC(=O)c1cc(F)ccc1N(C)Cc1ccccc1F. The van der Waals surface area contributed by atoms with Gasteiger partial charge in [-0.2, -0.15) is 0 Å². The minimum absolute atomic E-state index is 0.222. The number of carbonyl (C=O) groups is 1. The van der Waals surface area contributed by atoms with Gasteiger partial charge in [0, 0.05) is 30.4 Å². The first kappa shape index (κ1) is 14.2. The van der Waals surface area contributed by atoms with E-state index in [1.165, 1.54) is 31.2 Å². The molecule has 2 aromatic rings. The molecule has 0 saturated carbocycles. The maximum absolute atomic E-state index is 13.6. The minimum Gasteiger partial charge on any atom is -0.370 e. The number of hydrogen-bond donors (Lipinski definition) is 0. The Morgan fingerprint density at radius 2 is 1.85 bits per heavy atom. The zero-order chi connectivity index (χ0) is 14.7. The van der Waals surface area contributed by atoms with Crippen molar-refractivity contribution in [3.05, 3.63) is 65.2 Å². The molecule has 0 heterocycles. The van der Waals surface area contributed by atoms with Gasteiger partial charge in [-0.15, -0.1) is 0 Å². The largest absolute Gasteiger partial charge is 0.370 e. The van der Waals surface area contributed by atoms with E-state index in [1.807, 2.05) is 0 Å². The molecule has 0 saturated heterocycles. The van der Waals surface area contributed by atoms with Crippen LogP contribution >= 0.6 is 0 Å². The number of ketones is 1. The van der Waals surface area contributed by atoms with Crippen LogP contribution in [-0.4, -0.2) is 12.8 Å². The molecule has 0 aliphatic carbocycles. The van der Waals surface area contributed by atoms with E-state index < -0.39 is 5.82 Å². The number of nitrogens with zero attached hydrogens (tertiary/aromatic N) is 1. The quantitative estimate of drug-likeness (QED) is 0.791. The molecular formula is C16H15F2NO. The van der Waals surface area contributed by atoms with Crippen LogP contribution in [0.15, 0.2) is 42.5 Å². The molecule has 0 N–H and O–H groups in total. The van der Waals surface area contributed by atoms with Crippen molar-refractivity contribution in [3.8, 4) is 0 Å². The summed E-state index contributed by atoms with van der Waals surface area (Å²) in [4.78, 5) is 13.3. The van der Waals surface area contributed by atoms with Gasteiger partial charge < -0.3 is 4.90 Å². The van der Waals surface area contributed by atoms with E-state index in [9.17, 15) is 13.6 Å². The first-order chi connectivity index (χ1) is 9.49. The molecule has 4 heteroatoms. The van der Waals surface area contributed by atoms with Crippen LogP contribution in [0.3, 0.4) is 0 Å². The van der Waals surface area contributed by atoms with Crippen LogP contribution in [0.5, 0.6) is 0 Å². The van der Waals surface area contributed by atoms with Crippen LogP contribution in [0.4, 0.5) is 14.5 Å². The molecule has 2 nitrogen and oxygen atoms in total. The third kappa shape index (κ3) is 3.02. The summed E-state index contributed by atoms with van der Waals surface area (Å²) in [7, 11) is 1.74. The molecule has 0 atom stereocenters. The van der Waals surface area contributed by atoms with Crippen molar-refractivity contribution < 1.29 is 13.6 Å². The van der Waals surface area contributed by atoms with Crippen LogP contribution in [0.25, 0.3) is 0 Å². The highest BCUT2D eigenvalue weighted by Crippen LogP contribution is 2.23. The molecule has 0 fully saturated rings. The van der Waals surface area contributed by atoms with Gasteiger partial charge in [-0.25, -0.2) is 8.78 Å². The number of halogens is 2. The van der Waals surface area contributed by atoms with Crippen LogP contribution in [-0.2, 0) is 6.54 Å². The highest BCUT2D eigenvalue weighted by atomic mass is 19.1. The van der Waals surface area contributed by atoms with Gasteiger partial charge >= 0.3 is 0 Å². The van der Waals surface area contributed by atoms with Crippen LogP contribution < -0.4 is 4.90 Å². The summed E-state index contributed by atoms with van der Waals surface area (Å²) in [6.07, 6.45) is 0. The van der Waals surface area contributed by atoms with E-state index in [-0.39, 0.29) is 11.6 Å². The lowest BCUT2D eigenvalue weighted by Gasteiger charge is -2.22. The molecule has 2 aromatic carbocycles. The van der Waals surface area contributed by atoms with Crippen molar-refractivity contribution in [1.29, 1.82) is 0 Å². The molecular weight excluding hydrogens is 260 g/mol. The summed E-state index contributed by atoms with van der Waals surface area (Å²) < 4.78 is 26.9. The van der Waals surface area contributed by atoms with Crippen LogP contribution in [0, 0.1) is 11.6 Å². The molecule has 0 unspecified atom stereocenters. The van der Waals surface area contributed by atoms with Crippen LogP contribution in [0.1, 0.15) is 22.8 Å². The number of benzene rings is 2. The molecule has 0 spiro atoms. The van der Waals surface area contributed by atoms with Gasteiger partial charge in [0.2, 0.25) is 0 Å². The van der Waals surface area contributed by atoms with Crippen molar-refractivity contribution >= 4 is 11.5 Å². The van der Waals surface area contributed by atoms with E-state index in [1.54, 1.807) is 30.1 Å². The summed E-state index contributed by atoms with van der Waals surface area (Å²) in [5, 5.41) is 0. The van der Waals surface area contributed by atoms with Crippen molar-refractivity contribution in [2.45, 2.75) is 13.5 Å². The summed E-state index contributed by atoms with van der Waals surface area (Å²) in [5.41, 5.74) is 1.40. The molecule has 0 aliphatic heterocycles. The second-order valence-corrected chi connectivity index (χ2v) is 4.67. The minimum atomic E-state index is -0.460. The molecule has 0 radical (unpaired) electrons. The number of anilines is 1. The summed E-state index contributed by atoms with van der Waals surface area (Å²) in [6.45, 7) is 1.69. The lowest BCUT2D eigenvalue weighted by Crippen LogP contribution is -2.19. The van der Waals surface area contributed by atoms with Crippen molar-refractivity contribution in [3.63, 3.8) is 0 Å². The van der Waals surface area contributed by atoms with Gasteiger partial charge in [0.25, 0.3) is 0 Å². The Labute approximate surface area is 116 Å². The monoisotopic (exact) mass is 275 g/mol. The topological polar surface area (TPSA) is 20.3 Å². The van der Waals surface area contributed by atoms with Gasteiger partial charge in [-0.3, -0.25) is 4.79 Å². The lowest BCUT2D eigenvalue weighted by molar-refractivity contribution is 0.101. The van der Waals surface area contributed by atoms with Crippen molar-refractivity contribution in [2.75, 3.05) is 11.9 Å². The number of hydrogen-bond acceptors (Lipinski definition) is 2. The summed E-state index contributed by atoms with van der Waals surface area (Å²) in [5.74, 6) is -0.982. The Morgan fingerprint density at radius 3 is 2.50 bits per heavy atom. The predicted octanol–water partition coefficient (Wildman–Crippen LogP) is 3.80. The Kier molecular flexibility index (Phi) is 4.13. The maximum atomic E-state index is 13.6. The molecule has 0 bridgehead atoms. The normalized spacial score (nSPS) is 10.4. The summed E-state index contributed by atoms with van der Waals surface area (Å²) >= 11 is 0. The first-order valence-electron chi connectivity index (χ1n) is 6.24. The number of rotatable bonds is 4. The third-order valence-corrected chi connectivity index (χ3v) is 3.11. The Morgan fingerprint density at radius 1 is 1.15 bits per heavy atom. The van der Waals surface area contributed by atoms with Crippen LogP contribution in [0.2, 0.25) is 0 Å². The maximum Gasteiger partial charge on any atom is 0.161 e. The van der Waals surface area contributed by atoms with Crippen molar-refractivity contribution in [2.24, 2.45) is 0 Å². The lowest BCUT2D eigenvalue weighted by atomic mass is 10.1. The molecule has 2 rings (SSSR count). The van der Waals surface area contributed by atoms with E-state index in [4.69, 9.17) is 0 Å².